The van der Waals surface area contributed by atoms with Crippen molar-refractivity contribution in [2.45, 2.75) is 91.0 Å². The molecular weight excluding hydrogens is 266 g/mol. The van der Waals surface area contributed by atoms with E-state index in [4.69, 9.17) is 4.74 Å². The molecule has 0 aromatic rings. The lowest BCUT2D eigenvalue weighted by molar-refractivity contribution is -0.178. The average molecular weight is 299 g/mol. The number of carbonyl (C=O) groups excluding carboxylic acids is 1. The maximum Gasteiger partial charge on any atom is 0.302 e. The predicted molar refractivity (Wildman–Crippen MR) is 85.1 cm³/mol. The summed E-state index contributed by atoms with van der Waals surface area (Å²) in [5, 5.41) is 9.93. The number of aliphatic hydroxyl groups excluding tert-OH is 1. The molecule has 1 fully saturated rings. The van der Waals surface area contributed by atoms with Crippen LogP contribution in [-0.4, -0.2) is 45.8 Å². The molecule has 4 heteroatoms. The zero-order valence-corrected chi connectivity index (χ0v) is 14.8. The zero-order chi connectivity index (χ0) is 16.4. The van der Waals surface area contributed by atoms with Gasteiger partial charge in [0, 0.05) is 36.9 Å². The Kier molecular flexibility index (Phi) is 5.84. The molecule has 0 aromatic carbocycles. The molecule has 124 valence electrons. The van der Waals surface area contributed by atoms with Crippen LogP contribution < -0.4 is 0 Å². The van der Waals surface area contributed by atoms with E-state index in [9.17, 15) is 9.90 Å². The first-order valence-corrected chi connectivity index (χ1v) is 8.23. The summed E-state index contributed by atoms with van der Waals surface area (Å²) in [4.78, 5) is 13.9. The summed E-state index contributed by atoms with van der Waals surface area (Å²) in [6.45, 7) is 15.0. The molecular formula is C17H33NO3. The van der Waals surface area contributed by atoms with Gasteiger partial charge >= 0.3 is 5.97 Å². The van der Waals surface area contributed by atoms with Gasteiger partial charge in [0.15, 0.2) is 0 Å². The van der Waals surface area contributed by atoms with Crippen LogP contribution in [0.15, 0.2) is 0 Å². The van der Waals surface area contributed by atoms with Crippen molar-refractivity contribution in [2.75, 3.05) is 6.54 Å². The third-order valence-electron chi connectivity index (χ3n) is 5.69. The number of esters is 1. The van der Waals surface area contributed by atoms with Crippen LogP contribution in [0.5, 0.6) is 0 Å². The second-order valence-corrected chi connectivity index (χ2v) is 7.16. The smallest absolute Gasteiger partial charge is 0.302 e. The van der Waals surface area contributed by atoms with Gasteiger partial charge in [0.05, 0.1) is 6.10 Å². The molecule has 0 amide bonds. The van der Waals surface area contributed by atoms with Gasteiger partial charge in [-0.25, -0.2) is 0 Å². The molecule has 1 aliphatic heterocycles. The monoisotopic (exact) mass is 299 g/mol. The molecule has 0 aromatic heterocycles. The highest BCUT2D eigenvalue weighted by molar-refractivity contribution is 5.66. The lowest BCUT2D eigenvalue weighted by Gasteiger charge is -2.60. The van der Waals surface area contributed by atoms with Crippen LogP contribution in [0.3, 0.4) is 0 Å². The van der Waals surface area contributed by atoms with Gasteiger partial charge in [-0.2, -0.15) is 0 Å². The number of ether oxygens (including phenoxy) is 1. The van der Waals surface area contributed by atoms with Crippen LogP contribution in [0.25, 0.3) is 0 Å². The summed E-state index contributed by atoms with van der Waals surface area (Å²) >= 11 is 0. The third-order valence-corrected chi connectivity index (χ3v) is 5.69. The maximum atomic E-state index is 11.4. The summed E-state index contributed by atoms with van der Waals surface area (Å²) in [5.74, 6) is 0.0394. The average Bonchev–Trinajstić information content (AvgIpc) is 2.40. The molecule has 21 heavy (non-hydrogen) atoms. The second-order valence-electron chi connectivity index (χ2n) is 7.16. The number of β-amino-alcohol motifs (C(OH)–C–C–N with tert-alkyl or cyclic N) is 1. The number of nitrogens with zero attached hydrogens (tertiary/aromatic N) is 1. The van der Waals surface area contributed by atoms with Crippen molar-refractivity contribution >= 4 is 5.97 Å². The summed E-state index contributed by atoms with van der Waals surface area (Å²) in [5.41, 5.74) is -0.144. The van der Waals surface area contributed by atoms with Crippen molar-refractivity contribution in [2.24, 2.45) is 5.92 Å². The molecule has 5 atom stereocenters. The quantitative estimate of drug-likeness (QED) is 0.793. The van der Waals surface area contributed by atoms with Crippen LogP contribution in [0.1, 0.15) is 67.7 Å². The minimum absolute atomic E-state index is 0.0531. The fourth-order valence-corrected chi connectivity index (χ4v) is 3.88. The number of aliphatic hydroxyl groups is 1. The summed E-state index contributed by atoms with van der Waals surface area (Å²) in [7, 11) is 0. The Morgan fingerprint density at radius 1 is 1.38 bits per heavy atom. The van der Waals surface area contributed by atoms with E-state index in [0.29, 0.717) is 6.54 Å². The molecule has 1 saturated heterocycles. The van der Waals surface area contributed by atoms with Crippen molar-refractivity contribution in [3.63, 3.8) is 0 Å². The van der Waals surface area contributed by atoms with Crippen molar-refractivity contribution in [3.05, 3.63) is 0 Å². The summed E-state index contributed by atoms with van der Waals surface area (Å²) in [6, 6.07) is 0. The highest BCUT2D eigenvalue weighted by atomic mass is 16.5. The predicted octanol–water partition coefficient (Wildman–Crippen LogP) is 2.98. The van der Waals surface area contributed by atoms with Crippen molar-refractivity contribution in [1.82, 2.24) is 4.90 Å². The molecule has 0 aliphatic carbocycles. The topological polar surface area (TPSA) is 49.8 Å². The Bertz CT molecular complexity index is 371. The number of likely N-dealkylation sites (tertiary alicyclic amines) is 1. The summed E-state index contributed by atoms with van der Waals surface area (Å²) < 4.78 is 5.62. The van der Waals surface area contributed by atoms with Gasteiger partial charge < -0.3 is 9.84 Å². The van der Waals surface area contributed by atoms with Gasteiger partial charge in [0.1, 0.15) is 6.10 Å². The molecule has 1 N–H and O–H groups in total. The van der Waals surface area contributed by atoms with E-state index in [1.807, 2.05) is 6.92 Å². The lowest BCUT2D eigenvalue weighted by atomic mass is 9.67. The number of rotatable bonds is 5. The van der Waals surface area contributed by atoms with Gasteiger partial charge in [-0.15, -0.1) is 0 Å². The van der Waals surface area contributed by atoms with Crippen LogP contribution >= 0.6 is 0 Å². The second kappa shape index (κ2) is 6.66. The normalized spacial score (nSPS) is 39.0. The molecule has 5 unspecified atom stereocenters. The minimum Gasteiger partial charge on any atom is -0.462 e. The fraction of sp³-hybridized carbons (Fsp3) is 0.941. The highest BCUT2D eigenvalue weighted by Crippen LogP contribution is 2.46. The van der Waals surface area contributed by atoms with Crippen molar-refractivity contribution in [3.8, 4) is 0 Å². The Hall–Kier alpha value is -0.610. The Morgan fingerprint density at radius 3 is 2.33 bits per heavy atom. The molecule has 1 heterocycles. The van der Waals surface area contributed by atoms with Gasteiger partial charge in [-0.1, -0.05) is 20.8 Å². The SMILES string of the molecule is CCC1(C)CC(OC(C)=O)C(C)C(C)(CC)N1CC(C)O. The zero-order valence-electron chi connectivity index (χ0n) is 14.8. The van der Waals surface area contributed by atoms with Gasteiger partial charge in [0.2, 0.25) is 0 Å². The van der Waals surface area contributed by atoms with E-state index < -0.39 is 0 Å². The van der Waals surface area contributed by atoms with E-state index in [-0.39, 0.29) is 35.2 Å². The standard InChI is InChI=1S/C17H33NO3/c1-8-16(6)10-15(21-14(5)20)13(4)17(7,9-2)18(16)11-12(3)19/h12-13,15,19H,8-11H2,1-7H3. The molecule has 4 nitrogen and oxygen atoms in total. The fourth-order valence-electron chi connectivity index (χ4n) is 3.88. The number of piperidine rings is 1. The molecule has 0 bridgehead atoms. The Morgan fingerprint density at radius 2 is 1.95 bits per heavy atom. The van der Waals surface area contributed by atoms with Crippen LogP contribution in [0.2, 0.25) is 0 Å². The molecule has 0 spiro atoms. The number of hydrogen-bond acceptors (Lipinski definition) is 4. The van der Waals surface area contributed by atoms with Crippen LogP contribution in [-0.2, 0) is 9.53 Å². The van der Waals surface area contributed by atoms with Crippen LogP contribution in [0, 0.1) is 5.92 Å². The molecule has 0 saturated carbocycles. The maximum absolute atomic E-state index is 11.4. The van der Waals surface area contributed by atoms with E-state index in [1.54, 1.807) is 0 Å². The number of hydrogen-bond donors (Lipinski definition) is 1. The molecule has 0 radical (unpaired) electrons. The Labute approximate surface area is 129 Å². The summed E-state index contributed by atoms with van der Waals surface area (Å²) in [6.07, 6.45) is 2.35. The first-order valence-electron chi connectivity index (χ1n) is 8.23. The van der Waals surface area contributed by atoms with Gasteiger partial charge in [-0.3, -0.25) is 9.69 Å². The van der Waals surface area contributed by atoms with Gasteiger partial charge in [-0.05, 0) is 33.6 Å². The van der Waals surface area contributed by atoms with Crippen molar-refractivity contribution < 1.29 is 14.6 Å². The minimum atomic E-state index is -0.362. The van der Waals surface area contributed by atoms with E-state index in [0.717, 1.165) is 19.3 Å². The van der Waals surface area contributed by atoms with E-state index >= 15 is 0 Å². The first kappa shape index (κ1) is 18.4. The number of carbonyl (C=O) groups is 1. The van der Waals surface area contributed by atoms with Crippen molar-refractivity contribution in [1.29, 1.82) is 0 Å². The van der Waals surface area contributed by atoms with E-state index in [2.05, 4.69) is 39.5 Å². The molecule has 1 rings (SSSR count). The lowest BCUT2D eigenvalue weighted by Crippen LogP contribution is -2.69. The van der Waals surface area contributed by atoms with Crippen LogP contribution in [0.4, 0.5) is 0 Å². The first-order chi connectivity index (χ1) is 9.60. The third kappa shape index (κ3) is 3.59. The van der Waals surface area contributed by atoms with Gasteiger partial charge in [0.25, 0.3) is 0 Å². The largest absolute Gasteiger partial charge is 0.462 e. The van der Waals surface area contributed by atoms with E-state index in [1.165, 1.54) is 6.92 Å². The molecule has 1 aliphatic rings. The Balaban J connectivity index is 3.20. The highest BCUT2D eigenvalue weighted by Gasteiger charge is 2.53.